The first-order valence-electron chi connectivity index (χ1n) is 7.30. The highest BCUT2D eigenvalue weighted by Crippen LogP contribution is 2.34. The van der Waals surface area contributed by atoms with Gasteiger partial charge in [-0.25, -0.2) is 4.98 Å². The number of para-hydroxylation sites is 1. The zero-order chi connectivity index (χ0) is 18.0. The number of hydrogen-bond donors (Lipinski definition) is 1. The minimum Gasteiger partial charge on any atom is -0.508 e. The highest BCUT2D eigenvalue weighted by molar-refractivity contribution is 5.58. The Morgan fingerprint density at radius 2 is 1.76 bits per heavy atom. The van der Waals surface area contributed by atoms with Gasteiger partial charge >= 0.3 is 6.18 Å². The van der Waals surface area contributed by atoms with Gasteiger partial charge in [0.2, 0.25) is 0 Å². The van der Waals surface area contributed by atoms with Crippen molar-refractivity contribution >= 4 is 0 Å². The molecule has 0 aliphatic carbocycles. The zero-order valence-electron chi connectivity index (χ0n) is 12.8. The Kier molecular flexibility index (Phi) is 4.19. The number of hydrogen-bond acceptors (Lipinski definition) is 3. The molecule has 0 fully saturated rings. The second kappa shape index (κ2) is 6.32. The van der Waals surface area contributed by atoms with Gasteiger partial charge in [-0.1, -0.05) is 18.2 Å². The molecule has 25 heavy (non-hydrogen) atoms. The zero-order valence-corrected chi connectivity index (χ0v) is 12.8. The van der Waals surface area contributed by atoms with Crippen LogP contribution in [0.15, 0.2) is 54.7 Å². The van der Waals surface area contributed by atoms with Gasteiger partial charge < -0.3 is 9.67 Å². The average Bonchev–Trinajstić information content (AvgIpc) is 3.01. The van der Waals surface area contributed by atoms with E-state index >= 15 is 0 Å². The van der Waals surface area contributed by atoms with Crippen LogP contribution in [0.1, 0.15) is 16.8 Å². The molecule has 0 bridgehead atoms. The molecule has 0 atom stereocenters. The van der Waals surface area contributed by atoms with E-state index in [1.54, 1.807) is 30.3 Å². The second-order valence-electron chi connectivity index (χ2n) is 5.37. The number of phenols is 1. The summed E-state index contributed by atoms with van der Waals surface area (Å²) >= 11 is 0. The molecule has 0 spiro atoms. The Morgan fingerprint density at radius 1 is 1.08 bits per heavy atom. The van der Waals surface area contributed by atoms with Crippen molar-refractivity contribution in [2.75, 3.05) is 0 Å². The van der Waals surface area contributed by atoms with E-state index in [4.69, 9.17) is 5.26 Å². The molecule has 0 unspecified atom stereocenters. The normalized spacial score (nSPS) is 11.3. The number of rotatable bonds is 3. The van der Waals surface area contributed by atoms with Crippen LogP contribution in [0.2, 0.25) is 0 Å². The monoisotopic (exact) mass is 343 g/mol. The highest BCUT2D eigenvalue weighted by atomic mass is 19.4. The van der Waals surface area contributed by atoms with Crippen LogP contribution in [0.3, 0.4) is 0 Å². The third-order valence-corrected chi connectivity index (χ3v) is 3.74. The van der Waals surface area contributed by atoms with E-state index in [-0.39, 0.29) is 18.1 Å². The van der Waals surface area contributed by atoms with Crippen molar-refractivity contribution < 1.29 is 18.3 Å². The van der Waals surface area contributed by atoms with Crippen molar-refractivity contribution in [3.8, 4) is 23.2 Å². The van der Waals surface area contributed by atoms with Crippen LogP contribution < -0.4 is 0 Å². The van der Waals surface area contributed by atoms with Crippen LogP contribution in [-0.4, -0.2) is 14.7 Å². The third-order valence-electron chi connectivity index (χ3n) is 3.74. The molecular formula is C18H12F3N3O. The van der Waals surface area contributed by atoms with Gasteiger partial charge in [-0.3, -0.25) is 0 Å². The van der Waals surface area contributed by atoms with Gasteiger partial charge in [0.15, 0.2) is 0 Å². The lowest BCUT2D eigenvalue weighted by Gasteiger charge is -2.15. The second-order valence-corrected chi connectivity index (χ2v) is 5.37. The molecule has 126 valence electrons. The molecule has 0 radical (unpaired) electrons. The maximum Gasteiger partial charge on any atom is 0.433 e. The summed E-state index contributed by atoms with van der Waals surface area (Å²) in [6, 6.07) is 14.3. The molecule has 7 heteroatoms. The lowest BCUT2D eigenvalue weighted by Crippen LogP contribution is -2.15. The number of aromatic nitrogens is 2. The Balaban J connectivity index is 2.11. The van der Waals surface area contributed by atoms with Gasteiger partial charge in [-0.2, -0.15) is 18.4 Å². The smallest absolute Gasteiger partial charge is 0.433 e. The summed E-state index contributed by atoms with van der Waals surface area (Å²) in [5, 5.41) is 18.7. The maximum absolute atomic E-state index is 13.3. The van der Waals surface area contributed by atoms with E-state index in [9.17, 15) is 18.3 Å². The van der Waals surface area contributed by atoms with Gasteiger partial charge in [0.05, 0.1) is 24.4 Å². The summed E-state index contributed by atoms with van der Waals surface area (Å²) in [6.07, 6.45) is -3.81. The van der Waals surface area contributed by atoms with E-state index in [1.807, 2.05) is 6.07 Å². The average molecular weight is 343 g/mol. The van der Waals surface area contributed by atoms with Crippen molar-refractivity contribution in [1.29, 1.82) is 5.26 Å². The highest BCUT2D eigenvalue weighted by Gasteiger charge is 2.36. The molecule has 2 aromatic carbocycles. The molecule has 4 nitrogen and oxygen atoms in total. The fourth-order valence-corrected chi connectivity index (χ4v) is 2.50. The van der Waals surface area contributed by atoms with Crippen molar-refractivity contribution in [3.63, 3.8) is 0 Å². The number of halogens is 3. The predicted octanol–water partition coefficient (Wildman–Crippen LogP) is 4.19. The molecule has 1 aromatic heterocycles. The molecular weight excluding hydrogens is 331 g/mol. The van der Waals surface area contributed by atoms with Gasteiger partial charge in [0.1, 0.15) is 17.3 Å². The summed E-state index contributed by atoms with van der Waals surface area (Å²) < 4.78 is 41.0. The molecule has 0 aliphatic rings. The number of nitriles is 1. The number of alkyl halides is 3. The first-order valence-corrected chi connectivity index (χ1v) is 7.30. The summed E-state index contributed by atoms with van der Waals surface area (Å²) in [6.45, 7) is -0.184. The van der Waals surface area contributed by atoms with E-state index in [0.717, 1.165) is 10.8 Å². The van der Waals surface area contributed by atoms with Gasteiger partial charge in [0.25, 0.3) is 0 Å². The first kappa shape index (κ1) is 16.6. The van der Waals surface area contributed by atoms with Gasteiger partial charge in [-0.05, 0) is 30.3 Å². The van der Waals surface area contributed by atoms with Crippen LogP contribution in [0.25, 0.3) is 11.4 Å². The largest absolute Gasteiger partial charge is 0.508 e. The Morgan fingerprint density at radius 3 is 2.36 bits per heavy atom. The van der Waals surface area contributed by atoms with Crippen LogP contribution >= 0.6 is 0 Å². The topological polar surface area (TPSA) is 61.8 Å². The molecule has 1 heterocycles. The minimum absolute atomic E-state index is 0.0879. The van der Waals surface area contributed by atoms with Crippen LogP contribution in [0, 0.1) is 11.3 Å². The molecule has 0 saturated carbocycles. The summed E-state index contributed by atoms with van der Waals surface area (Å²) in [4.78, 5) is 3.91. The van der Waals surface area contributed by atoms with Gasteiger partial charge in [0, 0.05) is 11.1 Å². The maximum atomic E-state index is 13.3. The lowest BCUT2D eigenvalue weighted by molar-refractivity contribution is -0.143. The van der Waals surface area contributed by atoms with Gasteiger partial charge in [-0.15, -0.1) is 0 Å². The van der Waals surface area contributed by atoms with E-state index in [0.29, 0.717) is 16.7 Å². The molecule has 0 amide bonds. The van der Waals surface area contributed by atoms with Crippen LogP contribution in [0.4, 0.5) is 13.2 Å². The van der Waals surface area contributed by atoms with E-state index in [2.05, 4.69) is 4.98 Å². The molecule has 3 aromatic rings. The number of aromatic hydroxyl groups is 1. The van der Waals surface area contributed by atoms with Crippen molar-refractivity contribution in [1.82, 2.24) is 9.55 Å². The summed E-state index contributed by atoms with van der Waals surface area (Å²) in [5.41, 5.74) is 0.291. The third kappa shape index (κ3) is 3.33. The number of benzene rings is 2. The van der Waals surface area contributed by atoms with Crippen LogP contribution in [-0.2, 0) is 12.7 Å². The molecule has 3 rings (SSSR count). The fraction of sp³-hybridized carbons (Fsp3) is 0.111. The van der Waals surface area contributed by atoms with E-state index < -0.39 is 11.9 Å². The fourth-order valence-electron chi connectivity index (χ4n) is 2.50. The lowest BCUT2D eigenvalue weighted by atomic mass is 10.1. The van der Waals surface area contributed by atoms with Crippen molar-refractivity contribution in [2.45, 2.75) is 12.7 Å². The van der Waals surface area contributed by atoms with Crippen LogP contribution in [0.5, 0.6) is 5.75 Å². The molecule has 1 N–H and O–H groups in total. The number of imidazole rings is 1. The SMILES string of the molecule is N#Cc1ccc(-c2ncc(C(F)(F)F)n2Cc2ccccc2O)cc1. The van der Waals surface area contributed by atoms with E-state index in [1.165, 1.54) is 18.2 Å². The minimum atomic E-state index is -4.58. The number of nitrogens with zero attached hydrogens (tertiary/aromatic N) is 3. The molecule has 0 saturated heterocycles. The molecule has 0 aliphatic heterocycles. The first-order chi connectivity index (χ1) is 11.9. The standard InChI is InChI=1S/C18H12F3N3O/c19-18(20,21)16-10-23-17(13-7-5-12(9-22)6-8-13)24(16)11-14-3-1-2-4-15(14)25/h1-8,10,25H,11H2. The quantitative estimate of drug-likeness (QED) is 0.775. The number of phenolic OH excluding ortho intramolecular Hbond substituents is 1. The Bertz CT molecular complexity index is 937. The van der Waals surface area contributed by atoms with Crippen molar-refractivity contribution in [3.05, 3.63) is 71.5 Å². The predicted molar refractivity (Wildman–Crippen MR) is 84.6 cm³/mol. The summed E-state index contributed by atoms with van der Waals surface area (Å²) in [7, 11) is 0. The summed E-state index contributed by atoms with van der Waals surface area (Å²) in [5.74, 6) is 0.0233. The van der Waals surface area contributed by atoms with Crippen molar-refractivity contribution in [2.24, 2.45) is 0 Å². The Hall–Kier alpha value is -3.27. The Labute approximate surface area is 141 Å².